The summed E-state index contributed by atoms with van der Waals surface area (Å²) in [4.78, 5) is 15.6. The highest BCUT2D eigenvalue weighted by Gasteiger charge is 2.54. The third-order valence-electron chi connectivity index (χ3n) is 3.56. The summed E-state index contributed by atoms with van der Waals surface area (Å²) in [5.41, 5.74) is 4.29. The molecule has 1 saturated heterocycles. The smallest absolute Gasteiger partial charge is 0.394 e. The molecule has 0 radical (unpaired) electrons. The van der Waals surface area contributed by atoms with Gasteiger partial charge in [0.1, 0.15) is 18.1 Å². The maximum atomic E-state index is 11.9. The second-order valence-corrected chi connectivity index (χ2v) is 5.11. The highest BCUT2D eigenvalue weighted by molar-refractivity contribution is 5.99. The number of hydrogen-bond donors (Lipinski definition) is 3. The number of carbonyl (C=O) groups is 1. The van der Waals surface area contributed by atoms with Crippen molar-refractivity contribution in [2.75, 3.05) is 13.7 Å². The summed E-state index contributed by atoms with van der Waals surface area (Å²) in [5, 5.41) is 19.3. The fourth-order valence-corrected chi connectivity index (χ4v) is 2.19. The van der Waals surface area contributed by atoms with E-state index in [1.165, 1.54) is 6.08 Å². The van der Waals surface area contributed by atoms with Gasteiger partial charge in [-0.25, -0.2) is 4.79 Å². The zero-order chi connectivity index (χ0) is 13.6. The highest BCUT2D eigenvalue weighted by atomic mass is 16.6. The number of urea groups is 1. The predicted molar refractivity (Wildman–Crippen MR) is 63.3 cm³/mol. The minimum atomic E-state index is -1.17. The van der Waals surface area contributed by atoms with Gasteiger partial charge < -0.3 is 20.7 Å². The van der Waals surface area contributed by atoms with Gasteiger partial charge in [0.15, 0.2) is 0 Å². The third-order valence-corrected chi connectivity index (χ3v) is 3.56. The first kappa shape index (κ1) is 13.2. The molecular formula is C11H18N3O4+. The Bertz CT molecular complexity index is 432. The summed E-state index contributed by atoms with van der Waals surface area (Å²) in [6, 6.07) is -0.450. The van der Waals surface area contributed by atoms with E-state index in [0.717, 1.165) is 0 Å². The van der Waals surface area contributed by atoms with E-state index < -0.39 is 24.0 Å². The number of rotatable bonds is 2. The molecule has 0 spiro atoms. The van der Waals surface area contributed by atoms with Crippen LogP contribution < -0.4 is 5.73 Å². The number of hydrogen-bond acceptors (Lipinski definition) is 5. The van der Waals surface area contributed by atoms with Crippen LogP contribution in [0.5, 0.6) is 0 Å². The van der Waals surface area contributed by atoms with Gasteiger partial charge in [0, 0.05) is 6.08 Å². The van der Waals surface area contributed by atoms with Crippen LogP contribution in [0.25, 0.3) is 0 Å². The van der Waals surface area contributed by atoms with Crippen LogP contribution in [0.1, 0.15) is 13.3 Å². The largest absolute Gasteiger partial charge is 0.451 e. The number of carbonyl (C=O) groups excluding carboxylic acids is 1. The molecule has 4 unspecified atom stereocenters. The van der Waals surface area contributed by atoms with Crippen LogP contribution in [0.3, 0.4) is 0 Å². The molecule has 0 aromatic rings. The van der Waals surface area contributed by atoms with Crippen LogP contribution >= 0.6 is 0 Å². The first-order chi connectivity index (χ1) is 8.29. The normalized spacial score (nSPS) is 44.2. The summed E-state index contributed by atoms with van der Waals surface area (Å²) in [6.07, 6.45) is 2.07. The first-order valence-electron chi connectivity index (χ1n) is 5.72. The zero-order valence-electron chi connectivity index (χ0n) is 10.4. The zero-order valence-corrected chi connectivity index (χ0v) is 10.4. The Hall–Kier alpha value is -1.28. The number of aliphatic hydroxyl groups excluding tert-OH is 1. The Balaban J connectivity index is 2.24. The summed E-state index contributed by atoms with van der Waals surface area (Å²) >= 11 is 0. The molecule has 0 aromatic carbocycles. The van der Waals surface area contributed by atoms with Gasteiger partial charge in [-0.05, 0) is 6.92 Å². The van der Waals surface area contributed by atoms with Crippen molar-refractivity contribution in [3.8, 4) is 0 Å². The molecule has 18 heavy (non-hydrogen) atoms. The van der Waals surface area contributed by atoms with Crippen LogP contribution in [-0.4, -0.2) is 58.2 Å². The maximum absolute atomic E-state index is 11.9. The van der Waals surface area contributed by atoms with Gasteiger partial charge >= 0.3 is 6.03 Å². The molecule has 100 valence electrons. The number of amides is 2. The van der Waals surface area contributed by atoms with E-state index in [4.69, 9.17) is 15.6 Å². The minimum absolute atomic E-state index is 0.152. The van der Waals surface area contributed by atoms with Crippen LogP contribution in [-0.2, 0) is 4.74 Å². The second-order valence-electron chi connectivity index (χ2n) is 5.11. The molecule has 0 bridgehead atoms. The third kappa shape index (κ3) is 1.95. The molecule has 2 aliphatic rings. The lowest BCUT2D eigenvalue weighted by Gasteiger charge is -2.32. The van der Waals surface area contributed by atoms with E-state index in [1.807, 2.05) is 0 Å². The average Bonchev–Trinajstić information content (AvgIpc) is 2.60. The Morgan fingerprint density at radius 3 is 2.89 bits per heavy atom. The topological polar surface area (TPSA) is 105 Å². The lowest BCUT2D eigenvalue weighted by Crippen LogP contribution is -2.53. The van der Waals surface area contributed by atoms with E-state index in [-0.39, 0.29) is 23.3 Å². The first-order valence-corrected chi connectivity index (χ1v) is 5.72. The average molecular weight is 256 g/mol. The van der Waals surface area contributed by atoms with Gasteiger partial charge in [0.25, 0.3) is 0 Å². The van der Waals surface area contributed by atoms with Gasteiger partial charge in [-0.1, -0.05) is 0 Å². The monoisotopic (exact) mass is 256 g/mol. The van der Waals surface area contributed by atoms with Gasteiger partial charge in [-0.15, -0.1) is 4.99 Å². The van der Waals surface area contributed by atoms with Gasteiger partial charge in [-0.2, -0.15) is 4.48 Å². The molecule has 2 amide bonds. The van der Waals surface area contributed by atoms with Crippen molar-refractivity contribution in [3.05, 3.63) is 12.3 Å². The van der Waals surface area contributed by atoms with Crippen molar-refractivity contribution in [2.45, 2.75) is 31.3 Å². The second kappa shape index (κ2) is 4.13. The standard InChI is InChI=1S/C11H17N3O4/c1-11(17)5-9(18-7(11)6-15)14(2)4-3-8(12)13-10(14)16/h3-4,7,9,15,17H,5-6H2,1-2H3,(H-,12,13,16)/p+1. The molecule has 1 fully saturated rings. The Kier molecular flexibility index (Phi) is 3.02. The summed E-state index contributed by atoms with van der Waals surface area (Å²) < 4.78 is 5.35. The van der Waals surface area contributed by atoms with Gasteiger partial charge in [0.05, 0.1) is 25.7 Å². The number of nitrogens with two attached hydrogens (primary N) is 1. The molecule has 0 aliphatic carbocycles. The van der Waals surface area contributed by atoms with Crippen molar-refractivity contribution in [1.29, 1.82) is 0 Å². The lowest BCUT2D eigenvalue weighted by atomic mass is 9.97. The van der Waals surface area contributed by atoms with Gasteiger partial charge in [0.2, 0.25) is 6.23 Å². The molecule has 2 rings (SSSR count). The van der Waals surface area contributed by atoms with E-state index >= 15 is 0 Å². The Morgan fingerprint density at radius 2 is 2.39 bits per heavy atom. The van der Waals surface area contributed by atoms with Crippen molar-refractivity contribution in [3.63, 3.8) is 0 Å². The number of aliphatic imine (C=N–C) groups is 1. The van der Waals surface area contributed by atoms with Crippen molar-refractivity contribution in [1.82, 2.24) is 0 Å². The number of quaternary nitrogens is 1. The van der Waals surface area contributed by atoms with Crippen LogP contribution in [0, 0.1) is 0 Å². The number of aliphatic hydroxyl groups is 2. The summed E-state index contributed by atoms with van der Waals surface area (Å²) in [6.45, 7) is 1.28. The van der Waals surface area contributed by atoms with E-state index in [1.54, 1.807) is 20.2 Å². The van der Waals surface area contributed by atoms with E-state index in [0.29, 0.717) is 0 Å². The lowest BCUT2D eigenvalue weighted by molar-refractivity contribution is -0.830. The van der Waals surface area contributed by atoms with Crippen molar-refractivity contribution < 1.29 is 24.2 Å². The molecule has 2 aliphatic heterocycles. The maximum Gasteiger partial charge on any atom is 0.451 e. The molecule has 7 nitrogen and oxygen atoms in total. The SMILES string of the molecule is CC1(O)CC([N+]2(C)C=CC(N)=NC2=O)OC1CO. The van der Waals surface area contributed by atoms with Gasteiger partial charge in [-0.3, -0.25) is 0 Å². The van der Waals surface area contributed by atoms with E-state index in [2.05, 4.69) is 4.99 Å². The quantitative estimate of drug-likeness (QED) is 0.566. The molecule has 4 N–H and O–H groups in total. The fraction of sp³-hybridized carbons (Fsp3) is 0.636. The van der Waals surface area contributed by atoms with E-state index in [9.17, 15) is 9.90 Å². The number of nitrogens with zero attached hydrogens (tertiary/aromatic N) is 2. The fourth-order valence-electron chi connectivity index (χ4n) is 2.19. The number of amidine groups is 1. The molecule has 7 heteroatoms. The summed E-state index contributed by atoms with van der Waals surface area (Å²) in [7, 11) is 1.63. The molecular weight excluding hydrogens is 238 g/mol. The van der Waals surface area contributed by atoms with Crippen molar-refractivity contribution >= 4 is 11.9 Å². The molecule has 4 atom stereocenters. The van der Waals surface area contributed by atoms with Crippen LogP contribution in [0.2, 0.25) is 0 Å². The molecule has 2 heterocycles. The summed E-state index contributed by atoms with van der Waals surface area (Å²) in [5.74, 6) is 0.152. The Labute approximate surface area is 105 Å². The molecule has 0 aromatic heterocycles. The minimum Gasteiger partial charge on any atom is -0.394 e. The van der Waals surface area contributed by atoms with Crippen LogP contribution in [0.15, 0.2) is 17.3 Å². The highest BCUT2D eigenvalue weighted by Crippen LogP contribution is 2.36. The van der Waals surface area contributed by atoms with Crippen molar-refractivity contribution in [2.24, 2.45) is 10.7 Å². The molecule has 0 saturated carbocycles. The van der Waals surface area contributed by atoms with Crippen LogP contribution in [0.4, 0.5) is 4.79 Å². The number of ether oxygens (including phenoxy) is 1. The predicted octanol–water partition coefficient (Wildman–Crippen LogP) is -0.704. The Morgan fingerprint density at radius 1 is 1.72 bits per heavy atom.